The molecule has 0 unspecified atom stereocenters. The lowest BCUT2D eigenvalue weighted by molar-refractivity contribution is 0.0656. The monoisotopic (exact) mass is 240 g/mol. The van der Waals surface area contributed by atoms with Crippen molar-refractivity contribution in [1.29, 1.82) is 0 Å². The normalized spacial score (nSPS) is 17.7. The van der Waals surface area contributed by atoms with Crippen LogP contribution >= 0.6 is 11.3 Å². The maximum Gasteiger partial charge on any atom is 0.266 e. The fourth-order valence-electron chi connectivity index (χ4n) is 1.96. The zero-order chi connectivity index (χ0) is 11.5. The lowest BCUT2D eigenvalue weighted by Gasteiger charge is -2.30. The molecule has 3 N–H and O–H groups in total. The van der Waals surface area contributed by atoms with E-state index < -0.39 is 0 Å². The van der Waals surface area contributed by atoms with Crippen LogP contribution in [0.25, 0.3) is 0 Å². The molecule has 0 atom stereocenters. The Bertz CT molecular complexity index is 370. The second-order valence-electron chi connectivity index (χ2n) is 4.12. The van der Waals surface area contributed by atoms with Crippen LogP contribution in [0.4, 0.5) is 5.69 Å². The van der Waals surface area contributed by atoms with Gasteiger partial charge >= 0.3 is 0 Å². The van der Waals surface area contributed by atoms with E-state index >= 15 is 0 Å². The minimum absolute atomic E-state index is 0.0314. The minimum atomic E-state index is 0.0314. The molecule has 2 heterocycles. The number of nitrogens with two attached hydrogens (primary N) is 1. The molecule has 1 aromatic heterocycles. The lowest BCUT2D eigenvalue weighted by Crippen LogP contribution is -2.39. The molecule has 0 spiro atoms. The third-order valence-corrected chi connectivity index (χ3v) is 3.97. The molecular weight excluding hydrogens is 224 g/mol. The van der Waals surface area contributed by atoms with Gasteiger partial charge in [-0.05, 0) is 30.2 Å². The van der Waals surface area contributed by atoms with Gasteiger partial charge < -0.3 is 15.7 Å². The minimum Gasteiger partial charge on any atom is -0.397 e. The van der Waals surface area contributed by atoms with Crippen LogP contribution in [0.5, 0.6) is 0 Å². The van der Waals surface area contributed by atoms with E-state index in [4.69, 9.17) is 10.8 Å². The van der Waals surface area contributed by atoms with E-state index in [1.54, 1.807) is 6.07 Å². The van der Waals surface area contributed by atoms with Gasteiger partial charge in [0, 0.05) is 19.7 Å². The van der Waals surface area contributed by atoms with Gasteiger partial charge in [0.2, 0.25) is 0 Å². The molecule has 4 nitrogen and oxygen atoms in total. The Morgan fingerprint density at radius 2 is 2.25 bits per heavy atom. The molecule has 1 amide bonds. The fourth-order valence-corrected chi connectivity index (χ4v) is 2.74. The molecule has 0 bridgehead atoms. The molecule has 1 aliphatic rings. The fraction of sp³-hybridized carbons (Fsp3) is 0.545. The molecule has 1 aliphatic heterocycles. The van der Waals surface area contributed by atoms with Crippen LogP contribution in [-0.2, 0) is 0 Å². The van der Waals surface area contributed by atoms with E-state index in [9.17, 15) is 4.79 Å². The van der Waals surface area contributed by atoms with E-state index in [1.165, 1.54) is 11.3 Å². The standard InChI is InChI=1S/C11H16N2O2S/c12-9-3-6-16-10(9)11(15)13-4-1-8(7-14)2-5-13/h3,6,8,14H,1-2,4-5,7,12H2. The number of thiophene rings is 1. The summed E-state index contributed by atoms with van der Waals surface area (Å²) < 4.78 is 0. The second-order valence-corrected chi connectivity index (χ2v) is 5.04. The van der Waals surface area contributed by atoms with Gasteiger partial charge in [0.05, 0.1) is 5.69 Å². The highest BCUT2D eigenvalue weighted by Gasteiger charge is 2.24. The SMILES string of the molecule is Nc1ccsc1C(=O)N1CCC(CO)CC1. The van der Waals surface area contributed by atoms with Gasteiger partial charge in [-0.15, -0.1) is 11.3 Å². The molecule has 2 rings (SSSR count). The van der Waals surface area contributed by atoms with Crippen molar-refractivity contribution in [3.8, 4) is 0 Å². The third kappa shape index (κ3) is 2.20. The number of aliphatic hydroxyl groups excluding tert-OH is 1. The number of hydrogen-bond donors (Lipinski definition) is 2. The van der Waals surface area contributed by atoms with Crippen molar-refractivity contribution in [3.63, 3.8) is 0 Å². The van der Waals surface area contributed by atoms with Gasteiger partial charge in [0.15, 0.2) is 0 Å². The summed E-state index contributed by atoms with van der Waals surface area (Å²) in [5, 5.41) is 10.9. The van der Waals surface area contributed by atoms with Gasteiger partial charge in [0.1, 0.15) is 4.88 Å². The van der Waals surface area contributed by atoms with E-state index in [1.807, 2.05) is 10.3 Å². The summed E-state index contributed by atoms with van der Waals surface area (Å²) in [5.74, 6) is 0.383. The van der Waals surface area contributed by atoms with E-state index in [2.05, 4.69) is 0 Å². The molecule has 0 aromatic carbocycles. The number of piperidine rings is 1. The molecule has 0 radical (unpaired) electrons. The summed E-state index contributed by atoms with van der Waals surface area (Å²) >= 11 is 1.39. The summed E-state index contributed by atoms with van der Waals surface area (Å²) in [6.07, 6.45) is 1.76. The molecule has 88 valence electrons. The van der Waals surface area contributed by atoms with E-state index in [0.29, 0.717) is 16.5 Å². The Labute approximate surface area is 98.7 Å². The topological polar surface area (TPSA) is 66.6 Å². The number of carbonyl (C=O) groups excluding carboxylic acids is 1. The van der Waals surface area contributed by atoms with Crippen molar-refractivity contribution < 1.29 is 9.90 Å². The molecule has 1 aromatic rings. The zero-order valence-electron chi connectivity index (χ0n) is 9.06. The van der Waals surface area contributed by atoms with Crippen molar-refractivity contribution in [3.05, 3.63) is 16.3 Å². The maximum absolute atomic E-state index is 12.1. The lowest BCUT2D eigenvalue weighted by atomic mass is 9.98. The molecule has 0 saturated carbocycles. The number of amides is 1. The predicted molar refractivity (Wildman–Crippen MR) is 64.4 cm³/mol. The number of nitrogen functional groups attached to an aromatic ring is 1. The first kappa shape index (κ1) is 11.4. The third-order valence-electron chi connectivity index (χ3n) is 3.05. The first-order valence-corrected chi connectivity index (χ1v) is 6.33. The van der Waals surface area contributed by atoms with Gasteiger partial charge in [0.25, 0.3) is 5.91 Å². The van der Waals surface area contributed by atoms with E-state index in [0.717, 1.165) is 25.9 Å². The summed E-state index contributed by atoms with van der Waals surface area (Å²) in [5.41, 5.74) is 6.29. The van der Waals surface area contributed by atoms with Crippen LogP contribution < -0.4 is 5.73 Å². The van der Waals surface area contributed by atoms with Crippen LogP contribution in [-0.4, -0.2) is 35.6 Å². The molecule has 16 heavy (non-hydrogen) atoms. The molecular formula is C11H16N2O2S. The highest BCUT2D eigenvalue weighted by molar-refractivity contribution is 7.12. The average Bonchev–Trinajstić information content (AvgIpc) is 2.75. The quantitative estimate of drug-likeness (QED) is 0.815. The van der Waals surface area contributed by atoms with Crippen molar-refractivity contribution >= 4 is 22.9 Å². The van der Waals surface area contributed by atoms with Crippen molar-refractivity contribution in [1.82, 2.24) is 4.90 Å². The Kier molecular flexibility index (Phi) is 3.46. The van der Waals surface area contributed by atoms with Crippen molar-refractivity contribution in [2.75, 3.05) is 25.4 Å². The van der Waals surface area contributed by atoms with Gasteiger partial charge in [-0.1, -0.05) is 0 Å². The number of likely N-dealkylation sites (tertiary alicyclic amines) is 1. The number of aliphatic hydroxyl groups is 1. The summed E-state index contributed by atoms with van der Waals surface area (Å²) in [6.45, 7) is 1.67. The average molecular weight is 240 g/mol. The number of anilines is 1. The van der Waals surface area contributed by atoms with Crippen LogP contribution in [0.2, 0.25) is 0 Å². The highest BCUT2D eigenvalue weighted by Crippen LogP contribution is 2.24. The summed E-state index contributed by atoms with van der Waals surface area (Å²) in [6, 6.07) is 1.76. The van der Waals surface area contributed by atoms with Gasteiger partial charge in [-0.25, -0.2) is 0 Å². The Morgan fingerprint density at radius 3 is 2.75 bits per heavy atom. The van der Waals surface area contributed by atoms with Gasteiger partial charge in [-0.3, -0.25) is 4.79 Å². The summed E-state index contributed by atoms with van der Waals surface area (Å²) in [7, 11) is 0. The Morgan fingerprint density at radius 1 is 1.56 bits per heavy atom. The Hall–Kier alpha value is -1.07. The predicted octanol–water partition coefficient (Wildman–Crippen LogP) is 1.17. The number of rotatable bonds is 2. The molecule has 1 saturated heterocycles. The molecule has 1 fully saturated rings. The number of hydrogen-bond acceptors (Lipinski definition) is 4. The molecule has 5 heteroatoms. The first-order valence-electron chi connectivity index (χ1n) is 5.45. The van der Waals surface area contributed by atoms with Crippen LogP contribution in [0.3, 0.4) is 0 Å². The second kappa shape index (κ2) is 4.84. The summed E-state index contributed by atoms with van der Waals surface area (Å²) in [4.78, 5) is 14.5. The smallest absolute Gasteiger partial charge is 0.266 e. The van der Waals surface area contributed by atoms with Crippen molar-refractivity contribution in [2.24, 2.45) is 5.92 Å². The number of nitrogens with zero attached hydrogens (tertiary/aromatic N) is 1. The van der Waals surface area contributed by atoms with E-state index in [-0.39, 0.29) is 12.5 Å². The highest BCUT2D eigenvalue weighted by atomic mass is 32.1. The number of carbonyl (C=O) groups is 1. The van der Waals surface area contributed by atoms with Crippen LogP contribution in [0, 0.1) is 5.92 Å². The Balaban J connectivity index is 2.00. The van der Waals surface area contributed by atoms with Gasteiger partial charge in [-0.2, -0.15) is 0 Å². The first-order chi connectivity index (χ1) is 7.72. The maximum atomic E-state index is 12.1. The van der Waals surface area contributed by atoms with Crippen LogP contribution in [0.1, 0.15) is 22.5 Å². The zero-order valence-corrected chi connectivity index (χ0v) is 9.87. The molecule has 0 aliphatic carbocycles. The van der Waals surface area contributed by atoms with Crippen molar-refractivity contribution in [2.45, 2.75) is 12.8 Å². The van der Waals surface area contributed by atoms with Crippen LogP contribution in [0.15, 0.2) is 11.4 Å². The largest absolute Gasteiger partial charge is 0.397 e.